The number of benzene rings is 1. The molecule has 102 valence electrons. The number of amides is 1. The molecule has 1 N–H and O–H groups in total. The third-order valence-electron chi connectivity index (χ3n) is 3.32. The molecule has 0 radical (unpaired) electrons. The first-order chi connectivity index (χ1) is 9.67. The van der Waals surface area contributed by atoms with Gasteiger partial charge in [0.15, 0.2) is 0 Å². The summed E-state index contributed by atoms with van der Waals surface area (Å²) in [6.45, 7) is 0. The molecular formula is C15H14N2O3. The summed E-state index contributed by atoms with van der Waals surface area (Å²) < 4.78 is 4.67. The molecule has 1 aromatic carbocycles. The summed E-state index contributed by atoms with van der Waals surface area (Å²) in [6, 6.07) is 7.16. The van der Waals surface area contributed by atoms with Crippen LogP contribution in [0.3, 0.4) is 0 Å². The number of carbonyl (C=O) groups is 2. The van der Waals surface area contributed by atoms with Gasteiger partial charge < -0.3 is 10.1 Å². The van der Waals surface area contributed by atoms with Crippen LogP contribution in [-0.2, 0) is 9.53 Å². The van der Waals surface area contributed by atoms with E-state index in [0.29, 0.717) is 5.56 Å². The van der Waals surface area contributed by atoms with Crippen molar-refractivity contribution in [3.05, 3.63) is 36.0 Å². The summed E-state index contributed by atoms with van der Waals surface area (Å²) in [5.74, 6) is -0.210. The van der Waals surface area contributed by atoms with Crippen LogP contribution in [0.15, 0.2) is 30.5 Å². The van der Waals surface area contributed by atoms with Gasteiger partial charge in [0.05, 0.1) is 18.2 Å². The lowest BCUT2D eigenvalue weighted by atomic mass is 10.1. The highest BCUT2D eigenvalue weighted by atomic mass is 16.5. The minimum Gasteiger partial charge on any atom is -0.465 e. The summed E-state index contributed by atoms with van der Waals surface area (Å²) in [4.78, 5) is 27.4. The molecule has 0 bridgehead atoms. The number of fused-ring (bicyclic) bond motifs is 1. The Kier molecular flexibility index (Phi) is 3.10. The van der Waals surface area contributed by atoms with E-state index < -0.39 is 5.97 Å². The number of hydrogen-bond acceptors (Lipinski definition) is 4. The molecule has 0 aliphatic heterocycles. The summed E-state index contributed by atoms with van der Waals surface area (Å²) in [5, 5.41) is 3.67. The number of anilines is 1. The lowest BCUT2D eigenvalue weighted by Crippen LogP contribution is -2.13. The topological polar surface area (TPSA) is 68.3 Å². The summed E-state index contributed by atoms with van der Waals surface area (Å²) >= 11 is 0. The number of esters is 1. The maximum Gasteiger partial charge on any atom is 0.339 e. The van der Waals surface area contributed by atoms with Crippen molar-refractivity contribution < 1.29 is 14.3 Å². The summed E-state index contributed by atoms with van der Waals surface area (Å²) in [6.07, 6.45) is 3.41. The second-order valence-corrected chi connectivity index (χ2v) is 4.89. The molecule has 5 heteroatoms. The fourth-order valence-corrected chi connectivity index (χ4v) is 2.03. The fraction of sp³-hybridized carbons (Fsp3) is 0.267. The molecule has 5 nitrogen and oxygen atoms in total. The number of pyridine rings is 1. The Balaban J connectivity index is 1.91. The van der Waals surface area contributed by atoms with Crippen molar-refractivity contribution in [2.75, 3.05) is 12.4 Å². The molecule has 1 fully saturated rings. The van der Waals surface area contributed by atoms with E-state index in [9.17, 15) is 9.59 Å². The number of rotatable bonds is 3. The normalized spacial score (nSPS) is 14.1. The van der Waals surface area contributed by atoms with Crippen molar-refractivity contribution in [2.45, 2.75) is 12.8 Å². The predicted molar refractivity (Wildman–Crippen MR) is 74.4 cm³/mol. The summed E-state index contributed by atoms with van der Waals surface area (Å²) in [5.41, 5.74) is 1.88. The Morgan fingerprint density at radius 3 is 2.80 bits per heavy atom. The molecule has 20 heavy (non-hydrogen) atoms. The molecule has 1 aliphatic carbocycles. The van der Waals surface area contributed by atoms with Crippen molar-refractivity contribution in [2.24, 2.45) is 5.92 Å². The molecule has 1 aliphatic rings. The Bertz CT molecular complexity index is 693. The number of ether oxygens (including phenoxy) is 1. The van der Waals surface area contributed by atoms with Crippen molar-refractivity contribution in [1.29, 1.82) is 0 Å². The average molecular weight is 270 g/mol. The van der Waals surface area contributed by atoms with Gasteiger partial charge in [0, 0.05) is 23.2 Å². The zero-order valence-electron chi connectivity index (χ0n) is 11.1. The van der Waals surface area contributed by atoms with Gasteiger partial charge in [-0.3, -0.25) is 9.78 Å². The van der Waals surface area contributed by atoms with Gasteiger partial charge in [-0.25, -0.2) is 4.79 Å². The van der Waals surface area contributed by atoms with Crippen LogP contribution in [0.2, 0.25) is 0 Å². The van der Waals surface area contributed by atoms with Crippen LogP contribution < -0.4 is 5.32 Å². The Hall–Kier alpha value is -2.43. The third-order valence-corrected chi connectivity index (χ3v) is 3.32. The van der Waals surface area contributed by atoms with Gasteiger partial charge in [-0.05, 0) is 37.1 Å². The monoisotopic (exact) mass is 270 g/mol. The highest BCUT2D eigenvalue weighted by Gasteiger charge is 2.29. The minimum absolute atomic E-state index is 0.0569. The lowest BCUT2D eigenvalue weighted by molar-refractivity contribution is -0.117. The fourth-order valence-electron chi connectivity index (χ4n) is 2.03. The molecule has 0 unspecified atom stereocenters. The van der Waals surface area contributed by atoms with E-state index >= 15 is 0 Å². The van der Waals surface area contributed by atoms with Gasteiger partial charge in [-0.2, -0.15) is 0 Å². The van der Waals surface area contributed by atoms with Gasteiger partial charge in [-0.15, -0.1) is 0 Å². The van der Waals surface area contributed by atoms with Crippen LogP contribution in [0.25, 0.3) is 10.9 Å². The number of nitrogens with one attached hydrogen (secondary N) is 1. The van der Waals surface area contributed by atoms with Crippen molar-refractivity contribution >= 4 is 28.5 Å². The Morgan fingerprint density at radius 2 is 2.10 bits per heavy atom. The Labute approximate surface area is 116 Å². The number of methoxy groups -OCH3 is 1. The number of aromatic nitrogens is 1. The van der Waals surface area contributed by atoms with Gasteiger partial charge in [0.2, 0.25) is 5.91 Å². The highest BCUT2D eigenvalue weighted by Crippen LogP contribution is 2.30. The lowest BCUT2D eigenvalue weighted by Gasteiger charge is -2.06. The van der Waals surface area contributed by atoms with E-state index in [1.54, 1.807) is 6.07 Å². The van der Waals surface area contributed by atoms with Crippen molar-refractivity contribution in [3.63, 3.8) is 0 Å². The summed E-state index contributed by atoms with van der Waals surface area (Å²) in [7, 11) is 1.33. The second kappa shape index (κ2) is 4.92. The van der Waals surface area contributed by atoms with E-state index in [2.05, 4.69) is 15.0 Å². The van der Waals surface area contributed by atoms with Gasteiger partial charge >= 0.3 is 5.97 Å². The number of carbonyl (C=O) groups excluding carboxylic acids is 2. The standard InChI is InChI=1S/C15H14N2O3/c1-20-15(19)11-6-10-7-12(4-5-13(10)16-8-11)17-14(18)9-2-3-9/h4-9H,2-3H2,1H3,(H,17,18). The zero-order chi connectivity index (χ0) is 14.1. The van der Waals surface area contributed by atoms with E-state index in [4.69, 9.17) is 0 Å². The quantitative estimate of drug-likeness (QED) is 0.869. The molecule has 0 saturated heterocycles. The molecule has 0 spiro atoms. The van der Waals surface area contributed by atoms with Crippen LogP contribution >= 0.6 is 0 Å². The molecule has 1 heterocycles. The first-order valence-electron chi connectivity index (χ1n) is 6.46. The first kappa shape index (κ1) is 12.6. The number of hydrogen-bond donors (Lipinski definition) is 1. The molecule has 3 rings (SSSR count). The van der Waals surface area contributed by atoms with Crippen LogP contribution in [0.5, 0.6) is 0 Å². The predicted octanol–water partition coefficient (Wildman–Crippen LogP) is 2.37. The van der Waals surface area contributed by atoms with Crippen LogP contribution in [0.4, 0.5) is 5.69 Å². The smallest absolute Gasteiger partial charge is 0.339 e. The van der Waals surface area contributed by atoms with Crippen molar-refractivity contribution in [1.82, 2.24) is 4.98 Å². The van der Waals surface area contributed by atoms with E-state index in [1.807, 2.05) is 18.2 Å². The first-order valence-corrected chi connectivity index (χ1v) is 6.46. The molecular weight excluding hydrogens is 256 g/mol. The maximum atomic E-state index is 11.7. The molecule has 1 amide bonds. The van der Waals surface area contributed by atoms with Crippen molar-refractivity contribution in [3.8, 4) is 0 Å². The minimum atomic E-state index is -0.424. The molecule has 1 saturated carbocycles. The van der Waals surface area contributed by atoms with Gasteiger partial charge in [0.25, 0.3) is 0 Å². The molecule has 2 aromatic rings. The zero-order valence-corrected chi connectivity index (χ0v) is 11.1. The van der Waals surface area contributed by atoms with Crippen LogP contribution in [-0.4, -0.2) is 24.0 Å². The Morgan fingerprint density at radius 1 is 1.30 bits per heavy atom. The third kappa shape index (κ3) is 2.47. The van der Waals surface area contributed by atoms with E-state index in [-0.39, 0.29) is 11.8 Å². The maximum absolute atomic E-state index is 11.7. The van der Waals surface area contributed by atoms with E-state index in [1.165, 1.54) is 13.3 Å². The second-order valence-electron chi connectivity index (χ2n) is 4.89. The molecule has 1 aromatic heterocycles. The van der Waals surface area contributed by atoms with Gasteiger partial charge in [0.1, 0.15) is 0 Å². The van der Waals surface area contributed by atoms with Crippen LogP contribution in [0.1, 0.15) is 23.2 Å². The van der Waals surface area contributed by atoms with Crippen LogP contribution in [0, 0.1) is 5.92 Å². The SMILES string of the molecule is COC(=O)c1cnc2ccc(NC(=O)C3CC3)cc2c1. The molecule has 0 atom stereocenters. The average Bonchev–Trinajstić information content (AvgIpc) is 3.30. The largest absolute Gasteiger partial charge is 0.465 e. The van der Waals surface area contributed by atoms with Gasteiger partial charge in [-0.1, -0.05) is 0 Å². The number of nitrogens with zero attached hydrogens (tertiary/aromatic N) is 1. The van der Waals surface area contributed by atoms with E-state index in [0.717, 1.165) is 29.4 Å². The highest BCUT2D eigenvalue weighted by molar-refractivity contribution is 5.98.